The highest BCUT2D eigenvalue weighted by Crippen LogP contribution is 2.29. The van der Waals surface area contributed by atoms with Gasteiger partial charge in [0, 0.05) is 13.1 Å². The van der Waals surface area contributed by atoms with E-state index in [-0.39, 0.29) is 17.2 Å². The van der Waals surface area contributed by atoms with Crippen LogP contribution in [0.25, 0.3) is 0 Å². The third-order valence-electron chi connectivity index (χ3n) is 5.09. The summed E-state index contributed by atoms with van der Waals surface area (Å²) in [6.07, 6.45) is -0.960. The van der Waals surface area contributed by atoms with Crippen LogP contribution in [0.1, 0.15) is 38.0 Å². The van der Waals surface area contributed by atoms with Crippen LogP contribution in [-0.2, 0) is 14.3 Å². The topological polar surface area (TPSA) is 93.2 Å². The number of nitrogens with zero attached hydrogens (tertiary/aromatic N) is 2. The lowest BCUT2D eigenvalue weighted by atomic mass is 10.1. The Bertz CT molecular complexity index is 993. The van der Waals surface area contributed by atoms with Crippen LogP contribution in [0.2, 0.25) is 0 Å². The molecular weight excluding hydrogens is 388 g/mol. The number of fused-ring (bicyclic) bond motifs is 1. The van der Waals surface area contributed by atoms with Crippen molar-refractivity contribution in [1.82, 2.24) is 4.90 Å². The van der Waals surface area contributed by atoms with E-state index in [1.165, 1.54) is 19.1 Å². The molecule has 0 bridgehead atoms. The normalized spacial score (nSPS) is 17.0. The van der Waals surface area contributed by atoms with Gasteiger partial charge in [0.2, 0.25) is 0 Å². The van der Waals surface area contributed by atoms with Crippen molar-refractivity contribution in [2.24, 2.45) is 0 Å². The first-order chi connectivity index (χ1) is 14.5. The number of rotatable bonds is 4. The molecule has 2 aliphatic rings. The summed E-state index contributed by atoms with van der Waals surface area (Å²) >= 11 is 0. The Balaban J connectivity index is 1.50. The van der Waals surface area contributed by atoms with E-state index in [0.29, 0.717) is 37.4 Å². The SMILES string of the molecule is CC(OC(=O)c1cccc(N2C(=O)c3ccccc3C2=O)c1)C(=O)N1CCOCC1. The number of hydrogen-bond donors (Lipinski definition) is 0. The van der Waals surface area contributed by atoms with Crippen LogP contribution >= 0.6 is 0 Å². The van der Waals surface area contributed by atoms with Gasteiger partial charge in [0.1, 0.15) is 0 Å². The number of anilines is 1. The van der Waals surface area contributed by atoms with Crippen LogP contribution in [0, 0.1) is 0 Å². The number of morpholine rings is 1. The van der Waals surface area contributed by atoms with Gasteiger partial charge in [-0.15, -0.1) is 0 Å². The van der Waals surface area contributed by atoms with Gasteiger partial charge in [0.05, 0.1) is 35.6 Å². The van der Waals surface area contributed by atoms with Gasteiger partial charge in [-0.1, -0.05) is 18.2 Å². The molecule has 1 unspecified atom stereocenters. The van der Waals surface area contributed by atoms with Crippen LogP contribution in [0.4, 0.5) is 5.69 Å². The maximum Gasteiger partial charge on any atom is 0.338 e. The number of carbonyl (C=O) groups excluding carboxylic acids is 4. The molecule has 0 aliphatic carbocycles. The van der Waals surface area contributed by atoms with Crippen LogP contribution in [-0.4, -0.2) is 61.0 Å². The third kappa shape index (κ3) is 3.57. The van der Waals surface area contributed by atoms with E-state index in [2.05, 4.69) is 0 Å². The van der Waals surface area contributed by atoms with Crippen LogP contribution in [0.3, 0.4) is 0 Å². The zero-order chi connectivity index (χ0) is 21.3. The van der Waals surface area contributed by atoms with E-state index < -0.39 is 23.9 Å². The summed E-state index contributed by atoms with van der Waals surface area (Å²) < 4.78 is 10.5. The van der Waals surface area contributed by atoms with Crippen molar-refractivity contribution in [3.8, 4) is 0 Å². The van der Waals surface area contributed by atoms with Gasteiger partial charge in [-0.25, -0.2) is 9.69 Å². The Morgan fingerprint density at radius 1 is 0.967 bits per heavy atom. The van der Waals surface area contributed by atoms with Gasteiger partial charge in [0.15, 0.2) is 6.10 Å². The fraction of sp³-hybridized carbons (Fsp3) is 0.273. The number of benzene rings is 2. The Hall–Kier alpha value is -3.52. The fourth-order valence-corrected chi connectivity index (χ4v) is 3.52. The van der Waals surface area contributed by atoms with Crippen molar-refractivity contribution >= 4 is 29.4 Å². The number of ether oxygens (including phenoxy) is 2. The second-order valence-corrected chi connectivity index (χ2v) is 7.03. The highest BCUT2D eigenvalue weighted by Gasteiger charge is 2.36. The Kier molecular flexibility index (Phi) is 5.33. The molecule has 0 aromatic heterocycles. The Morgan fingerprint density at radius 2 is 1.60 bits per heavy atom. The number of esters is 1. The van der Waals surface area contributed by atoms with Crippen LogP contribution in [0.5, 0.6) is 0 Å². The molecule has 30 heavy (non-hydrogen) atoms. The fourth-order valence-electron chi connectivity index (χ4n) is 3.52. The van der Waals surface area contributed by atoms with E-state index in [0.717, 1.165) is 4.90 Å². The molecule has 0 N–H and O–H groups in total. The van der Waals surface area contributed by atoms with E-state index in [1.54, 1.807) is 41.3 Å². The standard InChI is InChI=1S/C22H20N2O6/c1-14(19(25)23-9-11-29-12-10-23)30-22(28)15-5-4-6-16(13-15)24-20(26)17-7-2-3-8-18(17)21(24)27/h2-8,13-14H,9-12H2,1H3. The molecule has 1 atom stereocenters. The second-order valence-electron chi connectivity index (χ2n) is 7.03. The van der Waals surface area contributed by atoms with Gasteiger partial charge >= 0.3 is 5.97 Å². The number of imide groups is 1. The van der Waals surface area contributed by atoms with Gasteiger partial charge in [-0.3, -0.25) is 14.4 Å². The molecule has 2 aromatic rings. The smallest absolute Gasteiger partial charge is 0.338 e. The predicted molar refractivity (Wildman–Crippen MR) is 106 cm³/mol. The van der Waals surface area contributed by atoms with Crippen molar-refractivity contribution < 1.29 is 28.7 Å². The molecule has 2 aliphatic heterocycles. The largest absolute Gasteiger partial charge is 0.449 e. The maximum absolute atomic E-state index is 12.7. The van der Waals surface area contributed by atoms with Crippen molar-refractivity contribution in [2.75, 3.05) is 31.2 Å². The molecule has 0 spiro atoms. The Labute approximate surface area is 173 Å². The number of amides is 3. The lowest BCUT2D eigenvalue weighted by Crippen LogP contribution is -2.46. The zero-order valence-corrected chi connectivity index (χ0v) is 16.4. The first-order valence-corrected chi connectivity index (χ1v) is 9.63. The molecular formula is C22H20N2O6. The van der Waals surface area contributed by atoms with Crippen molar-refractivity contribution in [1.29, 1.82) is 0 Å². The lowest BCUT2D eigenvalue weighted by molar-refractivity contribution is -0.143. The molecule has 3 amide bonds. The molecule has 8 nitrogen and oxygen atoms in total. The molecule has 154 valence electrons. The van der Waals surface area contributed by atoms with E-state index in [9.17, 15) is 19.2 Å². The summed E-state index contributed by atoms with van der Waals surface area (Å²) in [6, 6.07) is 12.6. The monoisotopic (exact) mass is 408 g/mol. The van der Waals surface area contributed by atoms with Crippen LogP contribution in [0.15, 0.2) is 48.5 Å². The summed E-state index contributed by atoms with van der Waals surface area (Å²) in [6.45, 7) is 3.33. The van der Waals surface area contributed by atoms with Gasteiger partial charge in [0.25, 0.3) is 17.7 Å². The van der Waals surface area contributed by atoms with Crippen molar-refractivity contribution in [3.63, 3.8) is 0 Å². The Morgan fingerprint density at radius 3 is 2.23 bits per heavy atom. The van der Waals surface area contributed by atoms with Crippen LogP contribution < -0.4 is 4.90 Å². The predicted octanol–water partition coefficient (Wildman–Crippen LogP) is 1.89. The van der Waals surface area contributed by atoms with E-state index in [1.807, 2.05) is 0 Å². The van der Waals surface area contributed by atoms with E-state index in [4.69, 9.17) is 9.47 Å². The number of hydrogen-bond acceptors (Lipinski definition) is 6. The minimum atomic E-state index is -0.960. The lowest BCUT2D eigenvalue weighted by Gasteiger charge is -2.29. The average molecular weight is 408 g/mol. The van der Waals surface area contributed by atoms with Crippen molar-refractivity contribution in [3.05, 3.63) is 65.2 Å². The molecule has 8 heteroatoms. The zero-order valence-electron chi connectivity index (χ0n) is 16.4. The summed E-state index contributed by atoms with van der Waals surface area (Å²) in [5.41, 5.74) is 1.05. The minimum absolute atomic E-state index is 0.144. The van der Waals surface area contributed by atoms with Gasteiger partial charge < -0.3 is 14.4 Å². The second kappa shape index (κ2) is 8.08. The maximum atomic E-state index is 12.7. The highest BCUT2D eigenvalue weighted by molar-refractivity contribution is 6.34. The summed E-state index contributed by atoms with van der Waals surface area (Å²) in [5.74, 6) is -1.89. The first kappa shape index (κ1) is 19.8. The molecule has 1 saturated heterocycles. The summed E-state index contributed by atoms with van der Waals surface area (Å²) in [7, 11) is 0. The average Bonchev–Trinajstić information content (AvgIpc) is 3.04. The molecule has 2 aromatic carbocycles. The molecule has 1 fully saturated rings. The third-order valence-corrected chi connectivity index (χ3v) is 5.09. The minimum Gasteiger partial charge on any atom is -0.449 e. The molecule has 0 saturated carbocycles. The first-order valence-electron chi connectivity index (χ1n) is 9.63. The van der Waals surface area contributed by atoms with Crippen molar-refractivity contribution in [2.45, 2.75) is 13.0 Å². The number of carbonyl (C=O) groups is 4. The molecule has 4 rings (SSSR count). The van der Waals surface area contributed by atoms with Gasteiger partial charge in [-0.05, 0) is 37.3 Å². The summed E-state index contributed by atoms with van der Waals surface area (Å²) in [5, 5.41) is 0. The molecule has 2 heterocycles. The van der Waals surface area contributed by atoms with E-state index >= 15 is 0 Å². The summed E-state index contributed by atoms with van der Waals surface area (Å²) in [4.78, 5) is 53.0. The quantitative estimate of drug-likeness (QED) is 0.567. The molecule has 0 radical (unpaired) electrons. The van der Waals surface area contributed by atoms with Gasteiger partial charge in [-0.2, -0.15) is 0 Å². The highest BCUT2D eigenvalue weighted by atomic mass is 16.5.